The zero-order valence-electron chi connectivity index (χ0n) is 10.0. The summed E-state index contributed by atoms with van der Waals surface area (Å²) in [6, 6.07) is 5.79. The van der Waals surface area contributed by atoms with Gasteiger partial charge in [0.05, 0.1) is 13.1 Å². The van der Waals surface area contributed by atoms with Crippen molar-refractivity contribution < 1.29 is 19.1 Å². The van der Waals surface area contributed by atoms with Crippen LogP contribution in [0, 0.1) is 5.82 Å². The summed E-state index contributed by atoms with van der Waals surface area (Å²) in [6.45, 7) is 0.109. The summed E-state index contributed by atoms with van der Waals surface area (Å²) < 4.78 is 12.6. The molecule has 2 N–H and O–H groups in total. The Morgan fingerprint density at radius 2 is 1.89 bits per heavy atom. The Morgan fingerprint density at radius 1 is 1.28 bits per heavy atom. The van der Waals surface area contributed by atoms with Gasteiger partial charge in [0.15, 0.2) is 0 Å². The number of likely N-dealkylation sites (N-methyl/N-ethyl adjacent to an activating group) is 1. The lowest BCUT2D eigenvalue weighted by Crippen LogP contribution is -2.37. The summed E-state index contributed by atoms with van der Waals surface area (Å²) in [5.74, 6) is -1.59. The van der Waals surface area contributed by atoms with Gasteiger partial charge in [-0.25, -0.2) is 4.39 Å². The van der Waals surface area contributed by atoms with Crippen LogP contribution >= 0.6 is 0 Å². The summed E-state index contributed by atoms with van der Waals surface area (Å²) in [5.41, 5.74) is 0.783. The molecule has 0 aliphatic carbocycles. The number of rotatable bonds is 6. The lowest BCUT2D eigenvalue weighted by Gasteiger charge is -2.13. The van der Waals surface area contributed by atoms with Crippen LogP contribution in [0.25, 0.3) is 0 Å². The highest BCUT2D eigenvalue weighted by Crippen LogP contribution is 2.01. The number of carbonyl (C=O) groups excluding carboxylic acids is 1. The molecule has 1 rings (SSSR count). The third-order valence-corrected chi connectivity index (χ3v) is 2.22. The quantitative estimate of drug-likeness (QED) is 0.773. The SMILES string of the molecule is CN(CC(=O)O)CC(=O)NCc1ccc(F)cc1. The molecular weight excluding hydrogens is 239 g/mol. The number of nitrogens with zero attached hydrogens (tertiary/aromatic N) is 1. The van der Waals surface area contributed by atoms with Crippen LogP contribution in [-0.2, 0) is 16.1 Å². The lowest BCUT2D eigenvalue weighted by molar-refractivity contribution is -0.138. The number of aliphatic carboxylic acids is 1. The Morgan fingerprint density at radius 3 is 2.44 bits per heavy atom. The molecule has 0 unspecified atom stereocenters. The molecule has 1 amide bonds. The van der Waals surface area contributed by atoms with Gasteiger partial charge in [0.25, 0.3) is 0 Å². The van der Waals surface area contributed by atoms with E-state index in [4.69, 9.17) is 5.11 Å². The molecule has 0 bridgehead atoms. The molecule has 0 aromatic heterocycles. The van der Waals surface area contributed by atoms with Crippen LogP contribution in [0.5, 0.6) is 0 Å². The second-order valence-corrected chi connectivity index (χ2v) is 3.97. The molecule has 0 aliphatic rings. The fourth-order valence-electron chi connectivity index (χ4n) is 1.39. The van der Waals surface area contributed by atoms with Gasteiger partial charge >= 0.3 is 5.97 Å². The van der Waals surface area contributed by atoms with E-state index in [1.807, 2.05) is 0 Å². The maximum atomic E-state index is 12.6. The van der Waals surface area contributed by atoms with Crippen molar-refractivity contribution in [3.63, 3.8) is 0 Å². The van der Waals surface area contributed by atoms with Crippen LogP contribution in [0.4, 0.5) is 4.39 Å². The van der Waals surface area contributed by atoms with E-state index in [9.17, 15) is 14.0 Å². The molecule has 0 saturated carbocycles. The molecule has 98 valence electrons. The number of carboxylic acids is 1. The maximum absolute atomic E-state index is 12.6. The Hall–Kier alpha value is -1.95. The van der Waals surface area contributed by atoms with Gasteiger partial charge in [0, 0.05) is 6.54 Å². The van der Waals surface area contributed by atoms with Crippen molar-refractivity contribution in [2.24, 2.45) is 0 Å². The van der Waals surface area contributed by atoms with E-state index >= 15 is 0 Å². The highest BCUT2D eigenvalue weighted by atomic mass is 19.1. The molecule has 0 saturated heterocycles. The van der Waals surface area contributed by atoms with Crippen molar-refractivity contribution in [3.05, 3.63) is 35.6 Å². The number of amides is 1. The number of halogens is 1. The monoisotopic (exact) mass is 254 g/mol. The normalized spacial score (nSPS) is 10.4. The number of carboxylic acid groups (broad SMARTS) is 1. The van der Waals surface area contributed by atoms with Crippen molar-refractivity contribution in [1.82, 2.24) is 10.2 Å². The van der Waals surface area contributed by atoms with E-state index < -0.39 is 5.97 Å². The van der Waals surface area contributed by atoms with Crippen molar-refractivity contribution in [2.75, 3.05) is 20.1 Å². The van der Waals surface area contributed by atoms with Gasteiger partial charge in [-0.1, -0.05) is 12.1 Å². The molecule has 5 nitrogen and oxygen atoms in total. The van der Waals surface area contributed by atoms with E-state index in [-0.39, 0.29) is 24.8 Å². The predicted molar refractivity (Wildman–Crippen MR) is 63.4 cm³/mol. The molecule has 0 heterocycles. The minimum Gasteiger partial charge on any atom is -0.480 e. The standard InChI is InChI=1S/C12H15FN2O3/c1-15(8-12(17)18)7-11(16)14-6-9-2-4-10(13)5-3-9/h2-5H,6-8H2,1H3,(H,14,16)(H,17,18). The van der Waals surface area contributed by atoms with E-state index in [1.165, 1.54) is 17.0 Å². The van der Waals surface area contributed by atoms with Crippen LogP contribution in [0.3, 0.4) is 0 Å². The molecule has 6 heteroatoms. The molecule has 0 radical (unpaired) electrons. The lowest BCUT2D eigenvalue weighted by atomic mass is 10.2. The van der Waals surface area contributed by atoms with Crippen LogP contribution < -0.4 is 5.32 Å². The van der Waals surface area contributed by atoms with Gasteiger partial charge in [-0.05, 0) is 24.7 Å². The van der Waals surface area contributed by atoms with Gasteiger partial charge in [-0.3, -0.25) is 14.5 Å². The zero-order chi connectivity index (χ0) is 13.5. The van der Waals surface area contributed by atoms with E-state index in [1.54, 1.807) is 19.2 Å². The highest BCUT2D eigenvalue weighted by Gasteiger charge is 2.09. The zero-order valence-corrected chi connectivity index (χ0v) is 10.0. The summed E-state index contributed by atoms with van der Waals surface area (Å²) in [6.07, 6.45) is 0. The fourth-order valence-corrected chi connectivity index (χ4v) is 1.39. The predicted octanol–water partition coefficient (Wildman–Crippen LogP) is 0.458. The van der Waals surface area contributed by atoms with E-state index in [0.717, 1.165) is 5.56 Å². The Labute approximate surface area is 104 Å². The molecule has 0 aliphatic heterocycles. The average molecular weight is 254 g/mol. The smallest absolute Gasteiger partial charge is 0.317 e. The maximum Gasteiger partial charge on any atom is 0.317 e. The molecule has 1 aromatic carbocycles. The minimum atomic E-state index is -0.983. The molecule has 18 heavy (non-hydrogen) atoms. The minimum absolute atomic E-state index is 0.00744. The molecule has 1 aromatic rings. The third-order valence-electron chi connectivity index (χ3n) is 2.22. The van der Waals surface area contributed by atoms with Crippen LogP contribution in [0.2, 0.25) is 0 Å². The van der Waals surface area contributed by atoms with E-state index in [2.05, 4.69) is 5.32 Å². The van der Waals surface area contributed by atoms with Crippen molar-refractivity contribution in [2.45, 2.75) is 6.54 Å². The third kappa shape index (κ3) is 5.40. The summed E-state index contributed by atoms with van der Waals surface area (Å²) >= 11 is 0. The van der Waals surface area contributed by atoms with Gasteiger partial charge in [-0.15, -0.1) is 0 Å². The number of carbonyl (C=O) groups is 2. The number of benzene rings is 1. The first-order chi connectivity index (χ1) is 8.47. The Balaban J connectivity index is 2.32. The Kier molecular flexibility index (Phi) is 5.26. The van der Waals surface area contributed by atoms with Crippen LogP contribution in [-0.4, -0.2) is 42.0 Å². The number of hydrogen-bond donors (Lipinski definition) is 2. The van der Waals surface area contributed by atoms with Gasteiger partial charge in [0.2, 0.25) is 5.91 Å². The van der Waals surface area contributed by atoms with Gasteiger partial charge in [-0.2, -0.15) is 0 Å². The van der Waals surface area contributed by atoms with E-state index in [0.29, 0.717) is 6.54 Å². The Bertz CT molecular complexity index is 420. The first-order valence-electron chi connectivity index (χ1n) is 5.39. The topological polar surface area (TPSA) is 69.6 Å². The molecule has 0 spiro atoms. The summed E-state index contributed by atoms with van der Waals surface area (Å²) in [7, 11) is 1.55. The highest BCUT2D eigenvalue weighted by molar-refractivity contribution is 5.78. The summed E-state index contributed by atoms with van der Waals surface area (Å²) in [5, 5.41) is 11.1. The van der Waals surface area contributed by atoms with Crippen molar-refractivity contribution in [1.29, 1.82) is 0 Å². The number of hydrogen-bond acceptors (Lipinski definition) is 3. The second-order valence-electron chi connectivity index (χ2n) is 3.97. The van der Waals surface area contributed by atoms with Crippen LogP contribution in [0.1, 0.15) is 5.56 Å². The van der Waals surface area contributed by atoms with Gasteiger partial charge in [0.1, 0.15) is 5.82 Å². The summed E-state index contributed by atoms with van der Waals surface area (Å²) in [4.78, 5) is 23.2. The van der Waals surface area contributed by atoms with Crippen molar-refractivity contribution in [3.8, 4) is 0 Å². The second kappa shape index (κ2) is 6.70. The number of nitrogens with one attached hydrogen (secondary N) is 1. The molecule has 0 atom stereocenters. The van der Waals surface area contributed by atoms with Crippen molar-refractivity contribution >= 4 is 11.9 Å². The molecule has 0 fully saturated rings. The molecular formula is C12H15FN2O3. The fraction of sp³-hybridized carbons (Fsp3) is 0.333. The first-order valence-corrected chi connectivity index (χ1v) is 5.39. The first kappa shape index (κ1) is 14.1. The average Bonchev–Trinajstić information content (AvgIpc) is 2.27. The largest absolute Gasteiger partial charge is 0.480 e. The van der Waals surface area contributed by atoms with Crippen LogP contribution in [0.15, 0.2) is 24.3 Å². The van der Waals surface area contributed by atoms with Gasteiger partial charge < -0.3 is 10.4 Å².